The van der Waals surface area contributed by atoms with Gasteiger partial charge in [-0.1, -0.05) is 17.7 Å². The summed E-state index contributed by atoms with van der Waals surface area (Å²) in [7, 11) is 3.97. The SMILES string of the molecule is CN(C)CCOCC(O)c1ccc2sccc2c1Cl. The number of aliphatic hydroxyl groups excluding tert-OH is 1. The van der Waals surface area contributed by atoms with E-state index in [1.165, 1.54) is 0 Å². The summed E-state index contributed by atoms with van der Waals surface area (Å²) in [6.45, 7) is 1.70. The highest BCUT2D eigenvalue weighted by Gasteiger charge is 2.14. The third-order valence-corrected chi connectivity index (χ3v) is 4.22. The van der Waals surface area contributed by atoms with Crippen molar-refractivity contribution in [3.8, 4) is 0 Å². The fraction of sp³-hybridized carbons (Fsp3) is 0.429. The summed E-state index contributed by atoms with van der Waals surface area (Å²) in [5.74, 6) is 0. The highest BCUT2D eigenvalue weighted by molar-refractivity contribution is 7.17. The second-order valence-electron chi connectivity index (χ2n) is 4.70. The van der Waals surface area contributed by atoms with Crippen molar-refractivity contribution in [3.05, 3.63) is 34.2 Å². The Labute approximate surface area is 122 Å². The van der Waals surface area contributed by atoms with E-state index in [1.807, 2.05) is 42.6 Å². The van der Waals surface area contributed by atoms with Crippen LogP contribution >= 0.6 is 22.9 Å². The minimum absolute atomic E-state index is 0.267. The first-order chi connectivity index (χ1) is 9.09. The van der Waals surface area contributed by atoms with Crippen LogP contribution < -0.4 is 0 Å². The van der Waals surface area contributed by atoms with Gasteiger partial charge in [-0.15, -0.1) is 11.3 Å². The molecule has 2 rings (SSSR count). The van der Waals surface area contributed by atoms with E-state index < -0.39 is 6.10 Å². The number of hydrogen-bond donors (Lipinski definition) is 1. The number of ether oxygens (including phenoxy) is 1. The van der Waals surface area contributed by atoms with Gasteiger partial charge in [-0.25, -0.2) is 0 Å². The van der Waals surface area contributed by atoms with E-state index in [-0.39, 0.29) is 6.61 Å². The van der Waals surface area contributed by atoms with Crippen LogP contribution in [0.15, 0.2) is 23.6 Å². The summed E-state index contributed by atoms with van der Waals surface area (Å²) in [6, 6.07) is 5.84. The van der Waals surface area contributed by atoms with Crippen molar-refractivity contribution in [2.45, 2.75) is 6.10 Å². The Morgan fingerprint density at radius 2 is 2.16 bits per heavy atom. The third-order valence-electron chi connectivity index (χ3n) is 2.92. The number of nitrogens with zero attached hydrogens (tertiary/aromatic N) is 1. The highest BCUT2D eigenvalue weighted by Crippen LogP contribution is 2.33. The van der Waals surface area contributed by atoms with E-state index >= 15 is 0 Å². The lowest BCUT2D eigenvalue weighted by atomic mass is 10.1. The van der Waals surface area contributed by atoms with Gasteiger partial charge < -0.3 is 14.7 Å². The van der Waals surface area contributed by atoms with Gasteiger partial charge in [-0.05, 0) is 31.6 Å². The molecular weight excluding hydrogens is 282 g/mol. The Morgan fingerprint density at radius 1 is 1.37 bits per heavy atom. The number of fused-ring (bicyclic) bond motifs is 1. The van der Waals surface area contributed by atoms with Gasteiger partial charge in [-0.3, -0.25) is 0 Å². The Bertz CT molecular complexity index is 541. The monoisotopic (exact) mass is 299 g/mol. The molecule has 0 saturated heterocycles. The molecule has 0 saturated carbocycles. The van der Waals surface area contributed by atoms with Crippen LogP contribution in [0.2, 0.25) is 5.02 Å². The summed E-state index contributed by atoms with van der Waals surface area (Å²) >= 11 is 7.97. The second-order valence-corrected chi connectivity index (χ2v) is 6.02. The molecule has 1 N–H and O–H groups in total. The predicted molar refractivity (Wildman–Crippen MR) is 81.2 cm³/mol. The van der Waals surface area contributed by atoms with Crippen molar-refractivity contribution in [1.29, 1.82) is 0 Å². The Kier molecular flexibility index (Phi) is 5.19. The molecule has 1 heterocycles. The number of likely N-dealkylation sites (N-methyl/N-ethyl adjacent to an activating group) is 1. The van der Waals surface area contributed by atoms with E-state index in [9.17, 15) is 5.11 Å². The van der Waals surface area contributed by atoms with E-state index in [0.717, 1.165) is 22.2 Å². The zero-order valence-electron chi connectivity index (χ0n) is 11.1. The molecule has 0 amide bonds. The van der Waals surface area contributed by atoms with Gasteiger partial charge in [0.15, 0.2) is 0 Å². The summed E-state index contributed by atoms with van der Waals surface area (Å²) < 4.78 is 6.60. The number of rotatable bonds is 6. The quantitative estimate of drug-likeness (QED) is 0.832. The lowest BCUT2D eigenvalue weighted by Gasteiger charge is -2.15. The predicted octanol–water partition coefficient (Wildman–Crippen LogP) is 3.17. The average Bonchev–Trinajstić information content (AvgIpc) is 2.83. The normalized spacial score (nSPS) is 13.3. The minimum atomic E-state index is -0.682. The van der Waals surface area contributed by atoms with Crippen LogP contribution in [0.1, 0.15) is 11.7 Å². The second kappa shape index (κ2) is 6.68. The molecule has 0 aliphatic heterocycles. The van der Waals surface area contributed by atoms with Crippen LogP contribution in [0, 0.1) is 0 Å². The first kappa shape index (κ1) is 14.8. The van der Waals surface area contributed by atoms with Crippen LogP contribution in [0.4, 0.5) is 0 Å². The highest BCUT2D eigenvalue weighted by atomic mass is 35.5. The molecule has 1 aromatic carbocycles. The van der Waals surface area contributed by atoms with Gasteiger partial charge in [0.25, 0.3) is 0 Å². The number of benzene rings is 1. The van der Waals surface area contributed by atoms with E-state index in [1.54, 1.807) is 11.3 Å². The lowest BCUT2D eigenvalue weighted by molar-refractivity contribution is 0.0307. The molecule has 19 heavy (non-hydrogen) atoms. The number of halogens is 1. The Hall–Kier alpha value is -0.650. The molecule has 3 nitrogen and oxygen atoms in total. The number of thiophene rings is 1. The first-order valence-electron chi connectivity index (χ1n) is 6.15. The molecule has 2 aromatic rings. The van der Waals surface area contributed by atoms with Crippen LogP contribution in [0.5, 0.6) is 0 Å². The van der Waals surface area contributed by atoms with Crippen LogP contribution in [-0.4, -0.2) is 43.9 Å². The molecule has 0 spiro atoms. The minimum Gasteiger partial charge on any atom is -0.386 e. The first-order valence-corrected chi connectivity index (χ1v) is 7.41. The fourth-order valence-corrected chi connectivity index (χ4v) is 3.02. The average molecular weight is 300 g/mol. The summed E-state index contributed by atoms with van der Waals surface area (Å²) in [6.07, 6.45) is -0.682. The van der Waals surface area contributed by atoms with Crippen molar-refractivity contribution in [1.82, 2.24) is 4.90 Å². The Morgan fingerprint density at radius 3 is 2.89 bits per heavy atom. The molecule has 1 unspecified atom stereocenters. The zero-order chi connectivity index (χ0) is 13.8. The molecular formula is C14H18ClNO2S. The van der Waals surface area contributed by atoms with Crippen molar-refractivity contribution >= 4 is 33.0 Å². The smallest absolute Gasteiger partial charge is 0.104 e. The molecule has 0 aliphatic carbocycles. The van der Waals surface area contributed by atoms with Crippen molar-refractivity contribution in [3.63, 3.8) is 0 Å². The largest absolute Gasteiger partial charge is 0.386 e. The van der Waals surface area contributed by atoms with Gasteiger partial charge in [0, 0.05) is 22.2 Å². The van der Waals surface area contributed by atoms with Gasteiger partial charge in [0.2, 0.25) is 0 Å². The number of aliphatic hydroxyl groups is 1. The van der Waals surface area contributed by atoms with Gasteiger partial charge in [-0.2, -0.15) is 0 Å². The Balaban J connectivity index is 2.00. The van der Waals surface area contributed by atoms with Crippen molar-refractivity contribution in [2.75, 3.05) is 33.9 Å². The topological polar surface area (TPSA) is 32.7 Å². The van der Waals surface area contributed by atoms with Crippen LogP contribution in [0.3, 0.4) is 0 Å². The molecule has 5 heteroatoms. The van der Waals surface area contributed by atoms with Crippen LogP contribution in [0.25, 0.3) is 10.1 Å². The molecule has 104 valence electrons. The van der Waals surface area contributed by atoms with E-state index in [2.05, 4.69) is 0 Å². The molecule has 0 bridgehead atoms. The van der Waals surface area contributed by atoms with E-state index in [0.29, 0.717) is 11.6 Å². The van der Waals surface area contributed by atoms with Crippen LogP contribution in [-0.2, 0) is 4.74 Å². The van der Waals surface area contributed by atoms with Gasteiger partial charge in [0.1, 0.15) is 6.10 Å². The maximum Gasteiger partial charge on any atom is 0.104 e. The summed E-state index contributed by atoms with van der Waals surface area (Å²) in [5, 5.41) is 13.8. The van der Waals surface area contributed by atoms with E-state index in [4.69, 9.17) is 16.3 Å². The molecule has 0 aliphatic rings. The summed E-state index contributed by atoms with van der Waals surface area (Å²) in [4.78, 5) is 2.04. The molecule has 1 aromatic heterocycles. The molecule has 1 atom stereocenters. The summed E-state index contributed by atoms with van der Waals surface area (Å²) in [5.41, 5.74) is 0.734. The molecule has 0 radical (unpaired) electrons. The standard InChI is InChI=1S/C14H18ClNO2S/c1-16(2)6-7-18-9-12(17)10-3-4-13-11(14(10)15)5-8-19-13/h3-5,8,12,17H,6-7,9H2,1-2H3. The molecule has 0 fully saturated rings. The fourth-order valence-electron chi connectivity index (χ4n) is 1.81. The third kappa shape index (κ3) is 3.68. The zero-order valence-corrected chi connectivity index (χ0v) is 12.7. The van der Waals surface area contributed by atoms with Crippen molar-refractivity contribution in [2.24, 2.45) is 0 Å². The maximum atomic E-state index is 10.1. The van der Waals surface area contributed by atoms with Gasteiger partial charge in [0.05, 0.1) is 18.2 Å². The lowest BCUT2D eigenvalue weighted by Crippen LogP contribution is -2.19. The maximum absolute atomic E-state index is 10.1. The van der Waals surface area contributed by atoms with Gasteiger partial charge >= 0.3 is 0 Å². The van der Waals surface area contributed by atoms with Crippen molar-refractivity contribution < 1.29 is 9.84 Å². The number of hydrogen-bond acceptors (Lipinski definition) is 4.